The summed E-state index contributed by atoms with van der Waals surface area (Å²) in [5.74, 6) is 1.95. The van der Waals surface area contributed by atoms with E-state index in [1.807, 2.05) is 0 Å². The van der Waals surface area contributed by atoms with Crippen LogP contribution < -0.4 is 5.73 Å². The van der Waals surface area contributed by atoms with E-state index in [0.29, 0.717) is 0 Å². The minimum atomic E-state index is -0.752. The summed E-state index contributed by atoms with van der Waals surface area (Å²) >= 11 is 0. The van der Waals surface area contributed by atoms with E-state index in [1.54, 1.807) is 0 Å². The van der Waals surface area contributed by atoms with E-state index in [1.165, 1.54) is 4.90 Å². The zero-order valence-electron chi connectivity index (χ0n) is 8.02. The number of aliphatic hydroxyl groups is 2. The second-order valence-electron chi connectivity index (χ2n) is 2.79. The zero-order chi connectivity index (χ0) is 11.0. The molecule has 80 valence electrons. The van der Waals surface area contributed by atoms with Gasteiger partial charge in [-0.05, 0) is 0 Å². The lowest BCUT2D eigenvalue weighted by Gasteiger charge is -2.23. The largest absolute Gasteiger partial charge is 0.395 e. The van der Waals surface area contributed by atoms with Crippen molar-refractivity contribution in [2.45, 2.75) is 12.5 Å². The van der Waals surface area contributed by atoms with Crippen molar-refractivity contribution in [1.29, 1.82) is 0 Å². The Kier molecular flexibility index (Phi) is 6.76. The second kappa shape index (κ2) is 7.33. The van der Waals surface area contributed by atoms with Crippen molar-refractivity contribution in [3.63, 3.8) is 0 Å². The van der Waals surface area contributed by atoms with Crippen molar-refractivity contribution < 1.29 is 15.0 Å². The molecule has 1 unspecified atom stereocenters. The van der Waals surface area contributed by atoms with Gasteiger partial charge in [-0.2, -0.15) is 0 Å². The van der Waals surface area contributed by atoms with E-state index in [9.17, 15) is 4.79 Å². The summed E-state index contributed by atoms with van der Waals surface area (Å²) < 4.78 is 0. The molecule has 0 radical (unpaired) electrons. The first kappa shape index (κ1) is 12.9. The van der Waals surface area contributed by atoms with Crippen LogP contribution in [0, 0.1) is 12.3 Å². The van der Waals surface area contributed by atoms with E-state index in [-0.39, 0.29) is 38.6 Å². The zero-order valence-corrected chi connectivity index (χ0v) is 8.02. The average Bonchev–Trinajstić information content (AvgIpc) is 2.17. The van der Waals surface area contributed by atoms with Gasteiger partial charge in [0.25, 0.3) is 0 Å². The molecule has 1 atom stereocenters. The van der Waals surface area contributed by atoms with Crippen LogP contribution in [0.25, 0.3) is 0 Å². The summed E-state index contributed by atoms with van der Waals surface area (Å²) in [7, 11) is 0. The molecule has 0 aliphatic heterocycles. The second-order valence-corrected chi connectivity index (χ2v) is 2.79. The molecule has 0 fully saturated rings. The molecule has 0 aromatic heterocycles. The van der Waals surface area contributed by atoms with Crippen LogP contribution in [-0.2, 0) is 4.79 Å². The van der Waals surface area contributed by atoms with Crippen molar-refractivity contribution in [3.05, 3.63) is 0 Å². The third-order valence-electron chi connectivity index (χ3n) is 1.71. The molecule has 4 N–H and O–H groups in total. The summed E-state index contributed by atoms with van der Waals surface area (Å²) in [6, 6.07) is -0.752. The van der Waals surface area contributed by atoms with Gasteiger partial charge < -0.3 is 20.8 Å². The minimum absolute atomic E-state index is 0.158. The lowest BCUT2D eigenvalue weighted by Crippen LogP contribution is -2.45. The first-order chi connectivity index (χ1) is 6.67. The van der Waals surface area contributed by atoms with Crippen molar-refractivity contribution in [3.8, 4) is 12.3 Å². The molecule has 0 aliphatic rings. The monoisotopic (exact) mass is 200 g/mol. The summed E-state index contributed by atoms with van der Waals surface area (Å²) in [6.07, 6.45) is 5.17. The van der Waals surface area contributed by atoms with Gasteiger partial charge in [0.2, 0.25) is 5.91 Å². The van der Waals surface area contributed by atoms with Gasteiger partial charge in [-0.3, -0.25) is 4.79 Å². The quantitative estimate of drug-likeness (QED) is 0.439. The third-order valence-corrected chi connectivity index (χ3v) is 1.71. The maximum atomic E-state index is 11.5. The molecular formula is C9H16N2O3. The Bertz CT molecular complexity index is 207. The Labute approximate surface area is 83.5 Å². The fourth-order valence-electron chi connectivity index (χ4n) is 1.02. The molecule has 0 rings (SSSR count). The summed E-state index contributed by atoms with van der Waals surface area (Å²) in [5, 5.41) is 17.3. The highest BCUT2D eigenvalue weighted by Crippen LogP contribution is 1.96. The smallest absolute Gasteiger partial charge is 0.240 e. The van der Waals surface area contributed by atoms with Crippen LogP contribution in [0.4, 0.5) is 0 Å². The number of hydrogen-bond acceptors (Lipinski definition) is 4. The van der Waals surface area contributed by atoms with Crippen LogP contribution in [-0.4, -0.2) is 53.4 Å². The number of carbonyl (C=O) groups excluding carboxylic acids is 1. The van der Waals surface area contributed by atoms with Crippen molar-refractivity contribution in [2.75, 3.05) is 26.3 Å². The predicted octanol–water partition coefficient (Wildman–Crippen LogP) is -1.85. The van der Waals surface area contributed by atoms with Crippen LogP contribution in [0.2, 0.25) is 0 Å². The SMILES string of the molecule is C#CCC(N)C(=O)N(CCO)CCO. The highest BCUT2D eigenvalue weighted by Gasteiger charge is 2.18. The van der Waals surface area contributed by atoms with Crippen LogP contribution in [0.1, 0.15) is 6.42 Å². The predicted molar refractivity (Wildman–Crippen MR) is 52.2 cm³/mol. The minimum Gasteiger partial charge on any atom is -0.395 e. The highest BCUT2D eigenvalue weighted by molar-refractivity contribution is 5.81. The van der Waals surface area contributed by atoms with Crippen LogP contribution >= 0.6 is 0 Å². The molecule has 14 heavy (non-hydrogen) atoms. The Hall–Kier alpha value is -1.09. The lowest BCUT2D eigenvalue weighted by molar-refractivity contribution is -0.133. The van der Waals surface area contributed by atoms with E-state index in [2.05, 4.69) is 5.92 Å². The van der Waals surface area contributed by atoms with E-state index < -0.39 is 6.04 Å². The van der Waals surface area contributed by atoms with Gasteiger partial charge in [-0.1, -0.05) is 0 Å². The highest BCUT2D eigenvalue weighted by atomic mass is 16.3. The molecule has 0 spiro atoms. The molecule has 0 saturated carbocycles. The summed E-state index contributed by atoms with van der Waals surface area (Å²) in [5.41, 5.74) is 5.49. The van der Waals surface area contributed by atoms with Gasteiger partial charge in [-0.25, -0.2) is 0 Å². The molecule has 0 heterocycles. The number of nitrogens with zero attached hydrogens (tertiary/aromatic N) is 1. The topological polar surface area (TPSA) is 86.8 Å². The normalized spacial score (nSPS) is 11.9. The first-order valence-electron chi connectivity index (χ1n) is 4.37. The third kappa shape index (κ3) is 4.23. The molecule has 0 saturated heterocycles. The van der Waals surface area contributed by atoms with Gasteiger partial charge >= 0.3 is 0 Å². The molecule has 0 bridgehead atoms. The van der Waals surface area contributed by atoms with Gasteiger partial charge in [0, 0.05) is 19.5 Å². The fourth-order valence-corrected chi connectivity index (χ4v) is 1.02. The Morgan fingerprint density at radius 2 is 1.93 bits per heavy atom. The molecule has 0 aromatic carbocycles. The first-order valence-corrected chi connectivity index (χ1v) is 4.37. The number of terminal acetylenes is 1. The molecule has 5 nitrogen and oxygen atoms in total. The number of carbonyl (C=O) groups is 1. The number of hydrogen-bond donors (Lipinski definition) is 3. The number of aliphatic hydroxyl groups excluding tert-OH is 2. The standard InChI is InChI=1S/C9H16N2O3/c1-2-3-8(10)9(14)11(4-6-12)5-7-13/h1,8,12-13H,3-7,10H2. The fraction of sp³-hybridized carbons (Fsp3) is 0.667. The Balaban J connectivity index is 4.20. The summed E-state index contributed by atoms with van der Waals surface area (Å²) in [4.78, 5) is 12.8. The molecule has 0 aromatic rings. The lowest BCUT2D eigenvalue weighted by atomic mass is 10.2. The maximum absolute atomic E-state index is 11.5. The van der Waals surface area contributed by atoms with Crippen molar-refractivity contribution in [2.24, 2.45) is 5.73 Å². The Morgan fingerprint density at radius 1 is 1.43 bits per heavy atom. The maximum Gasteiger partial charge on any atom is 0.240 e. The van der Waals surface area contributed by atoms with E-state index in [4.69, 9.17) is 22.4 Å². The molecule has 1 amide bonds. The number of nitrogens with two attached hydrogens (primary N) is 1. The van der Waals surface area contributed by atoms with Crippen molar-refractivity contribution >= 4 is 5.91 Å². The van der Waals surface area contributed by atoms with Gasteiger partial charge in [0.1, 0.15) is 0 Å². The van der Waals surface area contributed by atoms with Crippen LogP contribution in [0.3, 0.4) is 0 Å². The molecule has 5 heteroatoms. The van der Waals surface area contributed by atoms with Gasteiger partial charge in [-0.15, -0.1) is 12.3 Å². The van der Waals surface area contributed by atoms with E-state index in [0.717, 1.165) is 0 Å². The van der Waals surface area contributed by atoms with Crippen LogP contribution in [0.15, 0.2) is 0 Å². The van der Waals surface area contributed by atoms with Gasteiger partial charge in [0.05, 0.1) is 19.3 Å². The Morgan fingerprint density at radius 3 is 2.29 bits per heavy atom. The summed E-state index contributed by atoms with van der Waals surface area (Å²) in [6.45, 7) is 0.0123. The molecular weight excluding hydrogens is 184 g/mol. The average molecular weight is 200 g/mol. The van der Waals surface area contributed by atoms with Gasteiger partial charge in [0.15, 0.2) is 0 Å². The molecule has 0 aliphatic carbocycles. The van der Waals surface area contributed by atoms with E-state index >= 15 is 0 Å². The number of rotatable bonds is 6. The van der Waals surface area contributed by atoms with Crippen molar-refractivity contribution in [1.82, 2.24) is 4.90 Å². The van der Waals surface area contributed by atoms with Crippen LogP contribution in [0.5, 0.6) is 0 Å². The number of amides is 1.